The number of carbonyl (C=O) groups is 1. The predicted octanol–water partition coefficient (Wildman–Crippen LogP) is 1.15. The van der Waals surface area contributed by atoms with Gasteiger partial charge in [-0.25, -0.2) is 8.42 Å². The maximum absolute atomic E-state index is 11.7. The van der Waals surface area contributed by atoms with E-state index in [1.807, 2.05) is 0 Å². The second kappa shape index (κ2) is 8.34. The Hall–Kier alpha value is -1.80. The molecule has 1 N–H and O–H groups in total. The molecule has 0 bridgehead atoms. The van der Waals surface area contributed by atoms with Crippen LogP contribution >= 0.6 is 0 Å². The van der Waals surface area contributed by atoms with Crippen molar-refractivity contribution in [1.82, 2.24) is 5.32 Å². The molecule has 1 fully saturated rings. The zero-order valence-electron chi connectivity index (χ0n) is 14.0. The van der Waals surface area contributed by atoms with Gasteiger partial charge in [-0.2, -0.15) is 0 Å². The van der Waals surface area contributed by atoms with Gasteiger partial charge in [0, 0.05) is 19.7 Å². The molecule has 1 heterocycles. The molecule has 0 unspecified atom stereocenters. The summed E-state index contributed by atoms with van der Waals surface area (Å²) in [6, 6.07) is 6.61. The van der Waals surface area contributed by atoms with Gasteiger partial charge in [-0.15, -0.1) is 0 Å². The van der Waals surface area contributed by atoms with E-state index < -0.39 is 10.0 Å². The second-order valence-corrected chi connectivity index (χ2v) is 7.56. The van der Waals surface area contributed by atoms with Gasteiger partial charge in [0.1, 0.15) is 5.75 Å². The Bertz CT molecular complexity index is 639. The lowest BCUT2D eigenvalue weighted by Crippen LogP contribution is -2.35. The third-order valence-electron chi connectivity index (χ3n) is 3.73. The largest absolute Gasteiger partial charge is 0.484 e. The Morgan fingerprint density at radius 3 is 2.62 bits per heavy atom. The Morgan fingerprint density at radius 2 is 2.08 bits per heavy atom. The first-order valence-electron chi connectivity index (χ1n) is 7.99. The van der Waals surface area contributed by atoms with Crippen molar-refractivity contribution < 1.29 is 22.7 Å². The quantitative estimate of drug-likeness (QED) is 0.755. The average Bonchev–Trinajstić information content (AvgIpc) is 3.05. The molecule has 0 saturated carbocycles. The highest BCUT2D eigenvalue weighted by atomic mass is 32.2. The molecule has 0 aromatic heterocycles. The Kier molecular flexibility index (Phi) is 6.44. The highest BCUT2D eigenvalue weighted by molar-refractivity contribution is 7.92. The van der Waals surface area contributed by atoms with Crippen molar-refractivity contribution >= 4 is 21.6 Å². The Labute approximate surface area is 143 Å². The fourth-order valence-electron chi connectivity index (χ4n) is 2.55. The molecule has 1 aromatic carbocycles. The summed E-state index contributed by atoms with van der Waals surface area (Å²) < 4.78 is 35.5. The molecule has 1 atom stereocenters. The number of ether oxygens (including phenoxy) is 2. The molecular formula is C16H24N2O5S. The second-order valence-electron chi connectivity index (χ2n) is 5.65. The molecule has 8 heteroatoms. The van der Waals surface area contributed by atoms with Crippen molar-refractivity contribution in [3.63, 3.8) is 0 Å². The number of hydrogen-bond acceptors (Lipinski definition) is 5. The summed E-state index contributed by atoms with van der Waals surface area (Å²) in [7, 11) is -3.31. The maximum Gasteiger partial charge on any atom is 0.258 e. The van der Waals surface area contributed by atoms with Gasteiger partial charge in [0.05, 0.1) is 18.0 Å². The van der Waals surface area contributed by atoms with Crippen LogP contribution in [0.1, 0.15) is 19.8 Å². The SMILES string of the molecule is CCN(c1ccc(OCC(=O)NC[C@H]2CCCO2)cc1)S(C)(=O)=O. The normalized spacial score (nSPS) is 17.5. The van der Waals surface area contributed by atoms with Crippen LogP contribution in [0.5, 0.6) is 5.75 Å². The van der Waals surface area contributed by atoms with Crippen LogP contribution in [0, 0.1) is 0 Å². The van der Waals surface area contributed by atoms with Crippen molar-refractivity contribution in [2.75, 3.05) is 36.9 Å². The topological polar surface area (TPSA) is 84.9 Å². The molecule has 134 valence electrons. The molecule has 1 aromatic rings. The lowest BCUT2D eigenvalue weighted by molar-refractivity contribution is -0.123. The first-order chi connectivity index (χ1) is 11.4. The van der Waals surface area contributed by atoms with Gasteiger partial charge in [0.25, 0.3) is 5.91 Å². The molecule has 0 radical (unpaired) electrons. The number of benzene rings is 1. The van der Waals surface area contributed by atoms with Gasteiger partial charge in [-0.05, 0) is 44.0 Å². The van der Waals surface area contributed by atoms with Crippen LogP contribution in [0.3, 0.4) is 0 Å². The monoisotopic (exact) mass is 356 g/mol. The number of nitrogens with zero attached hydrogens (tertiary/aromatic N) is 1. The smallest absolute Gasteiger partial charge is 0.258 e. The van der Waals surface area contributed by atoms with E-state index in [4.69, 9.17) is 9.47 Å². The lowest BCUT2D eigenvalue weighted by Gasteiger charge is -2.20. The van der Waals surface area contributed by atoms with Crippen LogP contribution in [0.4, 0.5) is 5.69 Å². The van der Waals surface area contributed by atoms with Gasteiger partial charge in [-0.3, -0.25) is 9.10 Å². The zero-order valence-corrected chi connectivity index (χ0v) is 14.8. The minimum absolute atomic E-state index is 0.0877. The van der Waals surface area contributed by atoms with E-state index in [1.54, 1.807) is 31.2 Å². The highest BCUT2D eigenvalue weighted by Crippen LogP contribution is 2.21. The summed E-state index contributed by atoms with van der Waals surface area (Å²) in [4.78, 5) is 11.7. The van der Waals surface area contributed by atoms with Gasteiger partial charge in [0.2, 0.25) is 10.0 Å². The van der Waals surface area contributed by atoms with Crippen LogP contribution in [0.15, 0.2) is 24.3 Å². The van der Waals surface area contributed by atoms with Crippen LogP contribution in [-0.4, -0.2) is 53.0 Å². The number of carbonyl (C=O) groups excluding carboxylic acids is 1. The summed E-state index contributed by atoms with van der Waals surface area (Å²) in [5, 5.41) is 2.78. The van der Waals surface area contributed by atoms with Gasteiger partial charge < -0.3 is 14.8 Å². The molecule has 24 heavy (non-hydrogen) atoms. The van der Waals surface area contributed by atoms with Crippen molar-refractivity contribution in [1.29, 1.82) is 0 Å². The van der Waals surface area contributed by atoms with E-state index in [-0.39, 0.29) is 18.6 Å². The fourth-order valence-corrected chi connectivity index (χ4v) is 3.52. The van der Waals surface area contributed by atoms with E-state index in [2.05, 4.69) is 5.32 Å². The molecule has 7 nitrogen and oxygen atoms in total. The van der Waals surface area contributed by atoms with Gasteiger partial charge in [-0.1, -0.05) is 0 Å². The van der Waals surface area contributed by atoms with Crippen LogP contribution in [-0.2, 0) is 19.6 Å². The highest BCUT2D eigenvalue weighted by Gasteiger charge is 2.17. The molecule has 1 amide bonds. The molecule has 1 saturated heterocycles. The van der Waals surface area contributed by atoms with Gasteiger partial charge >= 0.3 is 0 Å². The first-order valence-corrected chi connectivity index (χ1v) is 9.84. The summed E-state index contributed by atoms with van der Waals surface area (Å²) in [6.45, 7) is 3.29. The minimum Gasteiger partial charge on any atom is -0.484 e. The molecule has 2 rings (SSSR count). The summed E-state index contributed by atoms with van der Waals surface area (Å²) >= 11 is 0. The predicted molar refractivity (Wildman–Crippen MR) is 91.8 cm³/mol. The van der Waals surface area contributed by atoms with Crippen molar-refractivity contribution in [2.45, 2.75) is 25.9 Å². The summed E-state index contributed by atoms with van der Waals surface area (Å²) in [6.07, 6.45) is 3.27. The van der Waals surface area contributed by atoms with Crippen molar-refractivity contribution in [3.8, 4) is 5.75 Å². The molecule has 1 aliphatic rings. The number of rotatable bonds is 8. The van der Waals surface area contributed by atoms with E-state index in [9.17, 15) is 13.2 Å². The molecule has 0 spiro atoms. The standard InChI is InChI=1S/C16H24N2O5S/c1-3-18(24(2,20)21)13-6-8-14(9-7-13)23-12-16(19)17-11-15-5-4-10-22-15/h6-9,15H,3-5,10-12H2,1-2H3,(H,17,19)/t15-/m1/s1. The van der Waals surface area contributed by atoms with Crippen molar-refractivity contribution in [2.24, 2.45) is 0 Å². The summed E-state index contributed by atoms with van der Waals surface area (Å²) in [5.41, 5.74) is 0.565. The Morgan fingerprint density at radius 1 is 1.38 bits per heavy atom. The third kappa shape index (κ3) is 5.38. The van der Waals surface area contributed by atoms with Crippen molar-refractivity contribution in [3.05, 3.63) is 24.3 Å². The number of sulfonamides is 1. The average molecular weight is 356 g/mol. The minimum atomic E-state index is -3.31. The van der Waals surface area contributed by atoms with E-state index in [1.165, 1.54) is 10.6 Å². The number of hydrogen-bond donors (Lipinski definition) is 1. The number of nitrogens with one attached hydrogen (secondary N) is 1. The number of amides is 1. The first kappa shape index (κ1) is 18.5. The third-order valence-corrected chi connectivity index (χ3v) is 5.00. The maximum atomic E-state index is 11.7. The van der Waals surface area contributed by atoms with E-state index >= 15 is 0 Å². The Balaban J connectivity index is 1.81. The molecule has 0 aliphatic carbocycles. The lowest BCUT2D eigenvalue weighted by atomic mass is 10.2. The molecule has 1 aliphatic heterocycles. The van der Waals surface area contributed by atoms with Gasteiger partial charge in [0.15, 0.2) is 6.61 Å². The number of anilines is 1. The van der Waals surface area contributed by atoms with Crippen LogP contribution in [0.25, 0.3) is 0 Å². The zero-order chi connectivity index (χ0) is 17.6. The van der Waals surface area contributed by atoms with E-state index in [0.29, 0.717) is 24.5 Å². The fraction of sp³-hybridized carbons (Fsp3) is 0.562. The molecular weight excluding hydrogens is 332 g/mol. The summed E-state index contributed by atoms with van der Waals surface area (Å²) in [5.74, 6) is 0.302. The van der Waals surface area contributed by atoms with E-state index in [0.717, 1.165) is 19.4 Å². The van der Waals surface area contributed by atoms with Crippen LogP contribution in [0.2, 0.25) is 0 Å². The van der Waals surface area contributed by atoms with Crippen LogP contribution < -0.4 is 14.4 Å².